The minimum absolute atomic E-state index is 0.0228. The first-order valence-electron chi connectivity index (χ1n) is 10.2. The van der Waals surface area contributed by atoms with Crippen molar-refractivity contribution in [3.05, 3.63) is 111 Å². The van der Waals surface area contributed by atoms with Gasteiger partial charge in [0.05, 0.1) is 16.3 Å². The van der Waals surface area contributed by atoms with Crippen molar-refractivity contribution in [3.63, 3.8) is 0 Å². The zero-order valence-electron chi connectivity index (χ0n) is 17.8. The van der Waals surface area contributed by atoms with Crippen LogP contribution in [0.2, 0.25) is 0 Å². The molecule has 7 nitrogen and oxygen atoms in total. The van der Waals surface area contributed by atoms with Crippen molar-refractivity contribution in [1.82, 2.24) is 15.1 Å². The normalized spacial score (nSPS) is 10.7. The molecule has 32 heavy (non-hydrogen) atoms. The third-order valence-electron chi connectivity index (χ3n) is 5.35. The van der Waals surface area contributed by atoms with Crippen molar-refractivity contribution in [2.45, 2.75) is 20.4 Å². The quantitative estimate of drug-likeness (QED) is 0.347. The minimum Gasteiger partial charge on any atom is -0.347 e. The lowest BCUT2D eigenvalue weighted by Crippen LogP contribution is -2.25. The zero-order valence-corrected chi connectivity index (χ0v) is 17.8. The molecule has 1 amide bonds. The first kappa shape index (κ1) is 21.0. The van der Waals surface area contributed by atoms with Crippen LogP contribution in [0.5, 0.6) is 0 Å². The molecule has 7 heteroatoms. The Hall–Kier alpha value is -4.26. The van der Waals surface area contributed by atoms with Crippen LogP contribution in [0, 0.1) is 24.0 Å². The summed E-state index contributed by atoms with van der Waals surface area (Å²) in [7, 11) is 0. The number of non-ortho nitro benzene ring substituents is 1. The van der Waals surface area contributed by atoms with Crippen LogP contribution in [0.1, 0.15) is 27.2 Å². The van der Waals surface area contributed by atoms with E-state index in [1.165, 1.54) is 22.4 Å². The number of amides is 1. The van der Waals surface area contributed by atoms with Gasteiger partial charge in [0.2, 0.25) is 0 Å². The Labute approximate surface area is 185 Å². The van der Waals surface area contributed by atoms with Crippen LogP contribution in [0.25, 0.3) is 16.9 Å². The largest absolute Gasteiger partial charge is 0.347 e. The summed E-state index contributed by atoms with van der Waals surface area (Å²) in [6, 6.07) is 23.4. The second-order valence-electron chi connectivity index (χ2n) is 7.57. The first-order valence-corrected chi connectivity index (χ1v) is 10.2. The number of benzene rings is 3. The summed E-state index contributed by atoms with van der Waals surface area (Å²) in [5, 5.41) is 18.6. The average Bonchev–Trinajstić information content (AvgIpc) is 3.25. The molecule has 0 saturated heterocycles. The summed E-state index contributed by atoms with van der Waals surface area (Å²) < 4.78 is 1.52. The average molecular weight is 426 g/mol. The van der Waals surface area contributed by atoms with Crippen LogP contribution in [0.15, 0.2) is 78.9 Å². The molecule has 4 aromatic rings. The fourth-order valence-electron chi connectivity index (χ4n) is 3.37. The van der Waals surface area contributed by atoms with Gasteiger partial charge >= 0.3 is 0 Å². The van der Waals surface area contributed by atoms with Gasteiger partial charge in [0.25, 0.3) is 11.6 Å². The smallest absolute Gasteiger partial charge is 0.270 e. The molecule has 160 valence electrons. The van der Waals surface area contributed by atoms with Gasteiger partial charge in [0.1, 0.15) is 5.69 Å². The Morgan fingerprint density at radius 3 is 2.34 bits per heavy atom. The number of carbonyl (C=O) groups excluding carboxylic acids is 1. The number of nitrogens with one attached hydrogen (secondary N) is 1. The standard InChI is InChI=1S/C25H22N4O3/c1-17-8-9-20(14-18(17)2)23-15-24(25(30)26-16-19-6-4-3-5-7-19)28(27-23)21-10-12-22(13-11-21)29(31)32/h3-15H,16H2,1-2H3,(H,26,30). The minimum atomic E-state index is -0.457. The summed E-state index contributed by atoms with van der Waals surface area (Å²) in [6.07, 6.45) is 0. The molecule has 4 rings (SSSR count). The number of nitro groups is 1. The Morgan fingerprint density at radius 1 is 0.969 bits per heavy atom. The highest BCUT2D eigenvalue weighted by atomic mass is 16.6. The molecule has 0 atom stereocenters. The van der Waals surface area contributed by atoms with Crippen LogP contribution < -0.4 is 5.32 Å². The van der Waals surface area contributed by atoms with Gasteiger partial charge in [-0.15, -0.1) is 0 Å². The van der Waals surface area contributed by atoms with Crippen molar-refractivity contribution in [2.24, 2.45) is 0 Å². The molecule has 1 N–H and O–H groups in total. The Balaban J connectivity index is 1.72. The Morgan fingerprint density at radius 2 is 1.69 bits per heavy atom. The van der Waals surface area contributed by atoms with Gasteiger partial charge in [-0.25, -0.2) is 4.68 Å². The fraction of sp³-hybridized carbons (Fsp3) is 0.120. The van der Waals surface area contributed by atoms with Crippen LogP contribution >= 0.6 is 0 Å². The van der Waals surface area contributed by atoms with E-state index in [0.29, 0.717) is 23.6 Å². The number of nitrogens with zero attached hydrogens (tertiary/aromatic N) is 3. The Bertz CT molecular complexity index is 1280. The van der Waals surface area contributed by atoms with Crippen molar-refractivity contribution in [3.8, 4) is 16.9 Å². The number of aryl methyl sites for hydroxylation is 2. The number of rotatable bonds is 6. The summed E-state index contributed by atoms with van der Waals surface area (Å²) in [5.41, 5.74) is 5.72. The van der Waals surface area contributed by atoms with Gasteiger partial charge < -0.3 is 5.32 Å². The molecule has 0 radical (unpaired) electrons. The van der Waals surface area contributed by atoms with Crippen molar-refractivity contribution in [1.29, 1.82) is 0 Å². The number of hydrogen-bond acceptors (Lipinski definition) is 4. The molecule has 0 bridgehead atoms. The highest BCUT2D eigenvalue weighted by Gasteiger charge is 2.18. The third-order valence-corrected chi connectivity index (χ3v) is 5.35. The second kappa shape index (κ2) is 8.85. The van der Waals surface area contributed by atoms with Gasteiger partial charge in [0.15, 0.2) is 0 Å². The molecule has 3 aromatic carbocycles. The molecule has 1 aromatic heterocycles. The lowest BCUT2D eigenvalue weighted by atomic mass is 10.0. The van der Waals surface area contributed by atoms with E-state index < -0.39 is 4.92 Å². The van der Waals surface area contributed by atoms with E-state index in [-0.39, 0.29) is 11.6 Å². The third kappa shape index (κ3) is 4.41. The molecule has 0 aliphatic carbocycles. The summed E-state index contributed by atoms with van der Waals surface area (Å²) in [5.74, 6) is -0.283. The highest BCUT2D eigenvalue weighted by Crippen LogP contribution is 2.25. The highest BCUT2D eigenvalue weighted by molar-refractivity contribution is 5.94. The molecule has 1 heterocycles. The predicted octanol–water partition coefficient (Wildman–Crippen LogP) is 4.99. The maximum Gasteiger partial charge on any atom is 0.270 e. The van der Waals surface area contributed by atoms with Crippen molar-refractivity contribution >= 4 is 11.6 Å². The van der Waals surface area contributed by atoms with E-state index >= 15 is 0 Å². The molecule has 0 fully saturated rings. The van der Waals surface area contributed by atoms with E-state index in [9.17, 15) is 14.9 Å². The molecule has 0 spiro atoms. The lowest BCUT2D eigenvalue weighted by molar-refractivity contribution is -0.384. The van der Waals surface area contributed by atoms with E-state index in [0.717, 1.165) is 16.7 Å². The van der Waals surface area contributed by atoms with E-state index in [1.807, 2.05) is 62.4 Å². The Kier molecular flexibility index (Phi) is 5.81. The van der Waals surface area contributed by atoms with E-state index in [2.05, 4.69) is 10.4 Å². The van der Waals surface area contributed by atoms with Crippen LogP contribution in [0.3, 0.4) is 0 Å². The van der Waals surface area contributed by atoms with Crippen molar-refractivity contribution in [2.75, 3.05) is 0 Å². The molecule has 0 aliphatic rings. The predicted molar refractivity (Wildman–Crippen MR) is 123 cm³/mol. The summed E-state index contributed by atoms with van der Waals surface area (Å²) in [6.45, 7) is 4.45. The number of hydrogen-bond donors (Lipinski definition) is 1. The van der Waals surface area contributed by atoms with Gasteiger partial charge in [-0.1, -0.05) is 42.5 Å². The topological polar surface area (TPSA) is 90.1 Å². The zero-order chi connectivity index (χ0) is 22.7. The molecular formula is C25H22N4O3. The molecular weight excluding hydrogens is 404 g/mol. The molecule has 0 unspecified atom stereocenters. The number of aromatic nitrogens is 2. The molecule has 0 aliphatic heterocycles. The second-order valence-corrected chi connectivity index (χ2v) is 7.57. The van der Waals surface area contributed by atoms with Crippen LogP contribution in [-0.4, -0.2) is 20.6 Å². The van der Waals surface area contributed by atoms with Gasteiger partial charge in [0, 0.05) is 24.2 Å². The molecule has 0 saturated carbocycles. The van der Waals surface area contributed by atoms with Gasteiger partial charge in [-0.05, 0) is 54.8 Å². The van der Waals surface area contributed by atoms with Gasteiger partial charge in [-0.3, -0.25) is 14.9 Å². The maximum absolute atomic E-state index is 13.1. The van der Waals surface area contributed by atoms with Crippen LogP contribution in [0.4, 0.5) is 5.69 Å². The first-order chi connectivity index (χ1) is 15.4. The summed E-state index contributed by atoms with van der Waals surface area (Å²) in [4.78, 5) is 23.6. The van der Waals surface area contributed by atoms with Crippen LogP contribution in [-0.2, 0) is 6.54 Å². The maximum atomic E-state index is 13.1. The monoisotopic (exact) mass is 426 g/mol. The number of carbonyl (C=O) groups is 1. The van der Waals surface area contributed by atoms with Crippen molar-refractivity contribution < 1.29 is 9.72 Å². The van der Waals surface area contributed by atoms with E-state index in [4.69, 9.17) is 0 Å². The lowest BCUT2D eigenvalue weighted by Gasteiger charge is -2.08. The fourth-order valence-corrected chi connectivity index (χ4v) is 3.37. The number of nitro benzene ring substituents is 1. The van der Waals surface area contributed by atoms with Gasteiger partial charge in [-0.2, -0.15) is 5.10 Å². The summed E-state index contributed by atoms with van der Waals surface area (Å²) >= 11 is 0. The SMILES string of the molecule is Cc1ccc(-c2cc(C(=O)NCc3ccccc3)n(-c3ccc([N+](=O)[O-])cc3)n2)cc1C. The van der Waals surface area contributed by atoms with E-state index in [1.54, 1.807) is 18.2 Å².